The monoisotopic (exact) mass is 440 g/mol. The number of rotatable bonds is 7. The molecule has 0 fully saturated rings. The fraction of sp³-hybridized carbons (Fsp3) is 0.263. The molecule has 0 aliphatic carbocycles. The van der Waals surface area contributed by atoms with E-state index in [0.717, 1.165) is 4.47 Å². The van der Waals surface area contributed by atoms with Crippen LogP contribution >= 0.6 is 27.5 Å². The summed E-state index contributed by atoms with van der Waals surface area (Å²) in [7, 11) is 0. The van der Waals surface area contributed by atoms with Gasteiger partial charge in [-0.25, -0.2) is 4.39 Å². The highest BCUT2D eigenvalue weighted by Crippen LogP contribution is 2.17. The Balaban J connectivity index is 1.87. The van der Waals surface area contributed by atoms with Gasteiger partial charge in [-0.1, -0.05) is 27.5 Å². The number of halogens is 3. The zero-order chi connectivity index (χ0) is 19.1. The highest BCUT2D eigenvalue weighted by Gasteiger charge is 2.15. The molecule has 0 aromatic heterocycles. The Morgan fingerprint density at radius 1 is 1.19 bits per heavy atom. The van der Waals surface area contributed by atoms with E-state index in [9.17, 15) is 14.0 Å². The van der Waals surface area contributed by atoms with E-state index in [-0.39, 0.29) is 37.1 Å². The molecule has 0 unspecified atom stereocenters. The summed E-state index contributed by atoms with van der Waals surface area (Å²) in [6, 6.07) is 11.1. The predicted molar refractivity (Wildman–Crippen MR) is 104 cm³/mol. The Bertz CT molecular complexity index is 784. The average Bonchev–Trinajstić information content (AvgIpc) is 2.62. The minimum Gasteiger partial charge on any atom is -0.352 e. The molecule has 2 amide bonds. The number of amides is 2. The molecule has 0 heterocycles. The van der Waals surface area contributed by atoms with Crippen molar-refractivity contribution in [2.75, 3.05) is 13.1 Å². The molecule has 0 bridgehead atoms. The van der Waals surface area contributed by atoms with Crippen LogP contribution in [-0.4, -0.2) is 29.8 Å². The first-order chi connectivity index (χ1) is 12.4. The number of nitrogens with one attached hydrogen (secondary N) is 1. The summed E-state index contributed by atoms with van der Waals surface area (Å²) >= 11 is 9.09. The number of carbonyl (C=O) groups is 2. The van der Waals surface area contributed by atoms with Crippen molar-refractivity contribution < 1.29 is 14.0 Å². The van der Waals surface area contributed by atoms with Crippen LogP contribution in [0.4, 0.5) is 4.39 Å². The summed E-state index contributed by atoms with van der Waals surface area (Å²) in [6.07, 6.45) is 0.142. The lowest BCUT2D eigenvalue weighted by molar-refractivity contribution is -0.131. The summed E-state index contributed by atoms with van der Waals surface area (Å²) in [6.45, 7) is 2.68. The Kier molecular flexibility index (Phi) is 7.60. The maximum atomic E-state index is 13.9. The van der Waals surface area contributed by atoms with Crippen LogP contribution < -0.4 is 5.32 Å². The zero-order valence-electron chi connectivity index (χ0n) is 14.3. The third kappa shape index (κ3) is 5.81. The topological polar surface area (TPSA) is 49.4 Å². The Morgan fingerprint density at radius 3 is 2.54 bits per heavy atom. The van der Waals surface area contributed by atoms with Gasteiger partial charge < -0.3 is 10.2 Å². The van der Waals surface area contributed by atoms with Crippen LogP contribution in [0.2, 0.25) is 5.02 Å². The first-order valence-corrected chi connectivity index (χ1v) is 9.33. The molecule has 0 saturated carbocycles. The summed E-state index contributed by atoms with van der Waals surface area (Å²) in [5.74, 6) is -0.769. The van der Waals surface area contributed by atoms with Crippen LogP contribution in [0, 0.1) is 5.82 Å². The lowest BCUT2D eigenvalue weighted by Crippen LogP contribution is -2.34. The minimum absolute atomic E-state index is 0.142. The maximum absolute atomic E-state index is 13.9. The predicted octanol–water partition coefficient (Wildman–Crippen LogP) is 4.41. The highest BCUT2D eigenvalue weighted by atomic mass is 79.9. The Labute approximate surface area is 165 Å². The van der Waals surface area contributed by atoms with Gasteiger partial charge in [0.15, 0.2) is 0 Å². The normalized spacial score (nSPS) is 10.5. The van der Waals surface area contributed by atoms with Crippen molar-refractivity contribution in [1.82, 2.24) is 10.2 Å². The van der Waals surface area contributed by atoms with Crippen LogP contribution in [0.1, 0.15) is 29.3 Å². The number of nitrogens with zero attached hydrogens (tertiary/aromatic N) is 1. The largest absolute Gasteiger partial charge is 0.352 e. The molecule has 2 rings (SSSR count). The van der Waals surface area contributed by atoms with Crippen LogP contribution in [0.3, 0.4) is 0 Å². The van der Waals surface area contributed by atoms with E-state index in [1.54, 1.807) is 41.3 Å². The van der Waals surface area contributed by atoms with E-state index in [1.807, 2.05) is 6.92 Å². The van der Waals surface area contributed by atoms with Gasteiger partial charge in [-0.05, 0) is 49.4 Å². The molecular weight excluding hydrogens is 423 g/mol. The van der Waals surface area contributed by atoms with Crippen molar-refractivity contribution >= 4 is 39.3 Å². The van der Waals surface area contributed by atoms with Gasteiger partial charge in [0.2, 0.25) is 5.91 Å². The number of hydrogen-bond acceptors (Lipinski definition) is 2. The summed E-state index contributed by atoms with van der Waals surface area (Å²) < 4.78 is 14.6. The van der Waals surface area contributed by atoms with Crippen LogP contribution in [0.5, 0.6) is 0 Å². The first kappa shape index (κ1) is 20.4. The van der Waals surface area contributed by atoms with E-state index in [1.165, 1.54) is 6.07 Å². The second-order valence-electron chi connectivity index (χ2n) is 5.66. The Morgan fingerprint density at radius 2 is 1.88 bits per heavy atom. The molecule has 26 heavy (non-hydrogen) atoms. The first-order valence-electron chi connectivity index (χ1n) is 8.16. The van der Waals surface area contributed by atoms with Gasteiger partial charge in [0.05, 0.1) is 0 Å². The number of hydrogen-bond donors (Lipinski definition) is 1. The van der Waals surface area contributed by atoms with Gasteiger partial charge >= 0.3 is 0 Å². The molecule has 0 spiro atoms. The lowest BCUT2D eigenvalue weighted by Gasteiger charge is -2.21. The van der Waals surface area contributed by atoms with E-state index in [2.05, 4.69) is 21.2 Å². The van der Waals surface area contributed by atoms with Crippen molar-refractivity contribution in [3.63, 3.8) is 0 Å². The molecule has 1 N–H and O–H groups in total. The second-order valence-corrected chi connectivity index (χ2v) is 7.01. The fourth-order valence-electron chi connectivity index (χ4n) is 2.39. The van der Waals surface area contributed by atoms with Crippen molar-refractivity contribution in [2.24, 2.45) is 0 Å². The summed E-state index contributed by atoms with van der Waals surface area (Å²) in [5, 5.41) is 3.25. The molecule has 7 heteroatoms. The molecule has 0 aliphatic rings. The van der Waals surface area contributed by atoms with Gasteiger partial charge in [0.25, 0.3) is 5.91 Å². The van der Waals surface area contributed by atoms with E-state index in [4.69, 9.17) is 11.6 Å². The second kappa shape index (κ2) is 9.69. The smallest absolute Gasteiger partial charge is 0.251 e. The number of carbonyl (C=O) groups excluding carboxylic acids is 2. The van der Waals surface area contributed by atoms with E-state index < -0.39 is 0 Å². The Hall–Kier alpha value is -1.92. The SMILES string of the molecule is CCN(Cc1cc(Br)ccc1F)C(=O)CCNC(=O)c1ccc(Cl)cc1. The van der Waals surface area contributed by atoms with E-state index in [0.29, 0.717) is 22.7 Å². The van der Waals surface area contributed by atoms with Crippen LogP contribution in [-0.2, 0) is 11.3 Å². The van der Waals surface area contributed by atoms with Crippen molar-refractivity contribution in [2.45, 2.75) is 19.9 Å². The van der Waals surface area contributed by atoms with E-state index >= 15 is 0 Å². The van der Waals surface area contributed by atoms with Gasteiger partial charge in [-0.3, -0.25) is 9.59 Å². The van der Waals surface area contributed by atoms with Crippen LogP contribution in [0.15, 0.2) is 46.9 Å². The third-order valence-electron chi connectivity index (χ3n) is 3.83. The summed E-state index contributed by atoms with van der Waals surface area (Å²) in [4.78, 5) is 25.9. The van der Waals surface area contributed by atoms with Crippen molar-refractivity contribution in [3.05, 3.63) is 68.9 Å². The van der Waals surface area contributed by atoms with Crippen LogP contribution in [0.25, 0.3) is 0 Å². The molecule has 138 valence electrons. The molecule has 0 radical (unpaired) electrons. The maximum Gasteiger partial charge on any atom is 0.251 e. The molecular formula is C19H19BrClFN2O2. The zero-order valence-corrected chi connectivity index (χ0v) is 16.6. The van der Waals surface area contributed by atoms with Gasteiger partial charge in [-0.2, -0.15) is 0 Å². The highest BCUT2D eigenvalue weighted by molar-refractivity contribution is 9.10. The molecule has 2 aromatic carbocycles. The number of benzene rings is 2. The molecule has 4 nitrogen and oxygen atoms in total. The standard InChI is InChI=1S/C19H19BrClFN2O2/c1-2-24(12-14-11-15(20)5-8-17(14)22)18(25)9-10-23-19(26)13-3-6-16(21)7-4-13/h3-8,11H,2,9-10,12H2,1H3,(H,23,26). The molecule has 0 aliphatic heterocycles. The van der Waals surface area contributed by atoms with Gasteiger partial charge in [-0.15, -0.1) is 0 Å². The average molecular weight is 442 g/mol. The fourth-order valence-corrected chi connectivity index (χ4v) is 2.93. The molecule has 2 aromatic rings. The van der Waals surface area contributed by atoms with Crippen molar-refractivity contribution in [3.8, 4) is 0 Å². The van der Waals surface area contributed by atoms with Gasteiger partial charge in [0, 0.05) is 46.7 Å². The minimum atomic E-state index is -0.351. The molecule has 0 saturated heterocycles. The van der Waals surface area contributed by atoms with Gasteiger partial charge in [0.1, 0.15) is 5.82 Å². The quantitative estimate of drug-likeness (QED) is 0.692. The lowest BCUT2D eigenvalue weighted by atomic mass is 10.2. The van der Waals surface area contributed by atoms with Crippen molar-refractivity contribution in [1.29, 1.82) is 0 Å². The third-order valence-corrected chi connectivity index (χ3v) is 4.58. The summed E-state index contributed by atoms with van der Waals surface area (Å²) in [5.41, 5.74) is 0.921. The molecule has 0 atom stereocenters.